The van der Waals surface area contributed by atoms with Crippen LogP contribution in [0, 0.1) is 0 Å². The lowest BCUT2D eigenvalue weighted by Gasteiger charge is -2.23. The topological polar surface area (TPSA) is 97.6 Å². The summed E-state index contributed by atoms with van der Waals surface area (Å²) in [5.41, 5.74) is 0.694. The maximum Gasteiger partial charge on any atom is 0.326 e. The second-order valence-corrected chi connectivity index (χ2v) is 7.77. The average Bonchev–Trinajstić information content (AvgIpc) is 3.36. The van der Waals surface area contributed by atoms with Gasteiger partial charge in [-0.15, -0.1) is 0 Å². The van der Waals surface area contributed by atoms with Crippen LogP contribution >= 0.6 is 11.3 Å². The summed E-state index contributed by atoms with van der Waals surface area (Å²) >= 11 is 1.26. The fourth-order valence-corrected chi connectivity index (χ4v) is 4.39. The normalized spacial score (nSPS) is 17.1. The molecule has 0 saturated carbocycles. The average molecular weight is 442 g/mol. The summed E-state index contributed by atoms with van der Waals surface area (Å²) in [4.78, 5) is 29.7. The third kappa shape index (κ3) is 3.70. The number of carbonyl (C=O) groups is 2. The Hall–Kier alpha value is -3.53. The van der Waals surface area contributed by atoms with Crippen LogP contribution in [0.25, 0.3) is 10.2 Å². The Kier molecular flexibility index (Phi) is 4.99. The van der Waals surface area contributed by atoms with Crippen LogP contribution < -0.4 is 23.7 Å². The van der Waals surface area contributed by atoms with E-state index in [9.17, 15) is 9.59 Å². The molecule has 1 unspecified atom stereocenters. The Morgan fingerprint density at radius 3 is 2.71 bits per heavy atom. The quantitative estimate of drug-likeness (QED) is 0.572. The molecule has 0 bridgehead atoms. The van der Waals surface area contributed by atoms with Gasteiger partial charge in [0.05, 0.1) is 16.8 Å². The molecule has 2 aliphatic heterocycles. The lowest BCUT2D eigenvalue weighted by Crippen LogP contribution is -2.37. The van der Waals surface area contributed by atoms with E-state index in [1.54, 1.807) is 35.8 Å². The first-order valence-electron chi connectivity index (χ1n) is 9.68. The van der Waals surface area contributed by atoms with Crippen LogP contribution in [0.1, 0.15) is 6.92 Å². The van der Waals surface area contributed by atoms with Crippen molar-refractivity contribution in [3.05, 3.63) is 41.2 Å². The summed E-state index contributed by atoms with van der Waals surface area (Å²) < 4.78 is 29.8. The number of para-hydroxylation sites is 2. The Bertz CT molecular complexity index is 1250. The first-order valence-corrected chi connectivity index (χ1v) is 10.5. The van der Waals surface area contributed by atoms with Crippen LogP contribution in [-0.2, 0) is 20.9 Å². The van der Waals surface area contributed by atoms with Crippen molar-refractivity contribution in [1.82, 2.24) is 4.57 Å². The third-order valence-electron chi connectivity index (χ3n) is 4.76. The van der Waals surface area contributed by atoms with Gasteiger partial charge in [-0.2, -0.15) is 4.99 Å². The first kappa shape index (κ1) is 19.4. The van der Waals surface area contributed by atoms with Gasteiger partial charge in [0.1, 0.15) is 13.2 Å². The molecule has 1 amide bonds. The molecule has 9 nitrogen and oxygen atoms in total. The van der Waals surface area contributed by atoms with Gasteiger partial charge in [0.15, 0.2) is 27.8 Å². The molecular weight excluding hydrogens is 424 g/mol. The molecule has 2 aromatic carbocycles. The van der Waals surface area contributed by atoms with Crippen LogP contribution in [0.3, 0.4) is 0 Å². The van der Waals surface area contributed by atoms with E-state index in [4.69, 9.17) is 23.7 Å². The van der Waals surface area contributed by atoms with Crippen LogP contribution in [0.5, 0.6) is 23.0 Å². The molecule has 0 N–H and O–H groups in total. The predicted octanol–water partition coefficient (Wildman–Crippen LogP) is 2.26. The van der Waals surface area contributed by atoms with E-state index in [0.29, 0.717) is 33.3 Å². The number of carbonyl (C=O) groups excluding carboxylic acids is 2. The summed E-state index contributed by atoms with van der Waals surface area (Å²) in [5.74, 6) is 1.32. The number of ether oxygens (including phenoxy) is 5. The lowest BCUT2D eigenvalue weighted by atomic mass is 10.2. The third-order valence-corrected chi connectivity index (χ3v) is 5.80. The Balaban J connectivity index is 1.52. The summed E-state index contributed by atoms with van der Waals surface area (Å²) in [6, 6.07) is 10.7. The minimum atomic E-state index is -0.882. The van der Waals surface area contributed by atoms with Crippen LogP contribution in [0.2, 0.25) is 0 Å². The van der Waals surface area contributed by atoms with Gasteiger partial charge < -0.3 is 28.3 Å². The van der Waals surface area contributed by atoms with Gasteiger partial charge in [-0.3, -0.25) is 9.59 Å². The second-order valence-electron chi connectivity index (χ2n) is 6.76. The van der Waals surface area contributed by atoms with E-state index in [0.717, 1.165) is 4.70 Å². The number of rotatable bonds is 4. The molecule has 0 radical (unpaired) electrons. The van der Waals surface area contributed by atoms with Gasteiger partial charge in [0, 0.05) is 12.1 Å². The molecule has 160 valence electrons. The van der Waals surface area contributed by atoms with E-state index < -0.39 is 18.0 Å². The van der Waals surface area contributed by atoms with Gasteiger partial charge in [-0.1, -0.05) is 23.5 Å². The Labute approximate surface area is 180 Å². The molecular formula is C21H18N2O7S. The maximum absolute atomic E-state index is 12.9. The molecule has 0 spiro atoms. The number of esters is 1. The number of hydrogen-bond donors (Lipinski definition) is 0. The van der Waals surface area contributed by atoms with E-state index in [2.05, 4.69) is 4.99 Å². The van der Waals surface area contributed by atoms with Gasteiger partial charge in [-0.25, -0.2) is 0 Å². The largest absolute Gasteiger partial charge is 0.485 e. The zero-order valence-electron chi connectivity index (χ0n) is 16.5. The number of amides is 1. The molecule has 3 heterocycles. The molecule has 5 rings (SSSR count). The van der Waals surface area contributed by atoms with E-state index >= 15 is 0 Å². The zero-order chi connectivity index (χ0) is 21.4. The highest BCUT2D eigenvalue weighted by Gasteiger charge is 2.28. The fourth-order valence-electron chi connectivity index (χ4n) is 3.34. The minimum Gasteiger partial charge on any atom is -0.485 e. The number of fused-ring (bicyclic) bond motifs is 3. The van der Waals surface area contributed by atoms with E-state index in [1.807, 2.05) is 12.1 Å². The number of benzene rings is 2. The maximum atomic E-state index is 12.9. The lowest BCUT2D eigenvalue weighted by molar-refractivity contribution is -0.143. The van der Waals surface area contributed by atoms with Crippen molar-refractivity contribution < 1.29 is 33.3 Å². The van der Waals surface area contributed by atoms with Gasteiger partial charge in [0.25, 0.3) is 5.91 Å². The van der Waals surface area contributed by atoms with Crippen molar-refractivity contribution in [3.8, 4) is 23.0 Å². The number of hydrogen-bond acceptors (Lipinski definition) is 8. The monoisotopic (exact) mass is 442 g/mol. The standard InChI is InChI=1S/C21H18N2O7S/c1-2-26-19(24)9-23-12-7-15-16(29-11-28-15)8-18(12)31-21(23)22-20(25)17-10-27-13-5-3-4-6-14(13)30-17/h3-8,17H,2,9-11H2,1H3. The molecule has 3 aromatic rings. The van der Waals surface area contributed by atoms with Crippen molar-refractivity contribution in [2.24, 2.45) is 4.99 Å². The molecule has 1 atom stereocenters. The smallest absolute Gasteiger partial charge is 0.326 e. The van der Waals surface area contributed by atoms with Gasteiger partial charge in [0.2, 0.25) is 12.9 Å². The van der Waals surface area contributed by atoms with Crippen molar-refractivity contribution in [1.29, 1.82) is 0 Å². The van der Waals surface area contributed by atoms with Crippen LogP contribution in [0.15, 0.2) is 41.4 Å². The highest BCUT2D eigenvalue weighted by atomic mass is 32.1. The van der Waals surface area contributed by atoms with Crippen LogP contribution in [-0.4, -0.2) is 42.6 Å². The molecule has 31 heavy (non-hydrogen) atoms. The Morgan fingerprint density at radius 2 is 1.90 bits per heavy atom. The second kappa shape index (κ2) is 7.95. The van der Waals surface area contributed by atoms with E-state index in [-0.39, 0.29) is 26.6 Å². The number of nitrogens with zero attached hydrogens (tertiary/aromatic N) is 2. The molecule has 10 heteroatoms. The molecule has 1 aromatic heterocycles. The first-order chi connectivity index (χ1) is 15.1. The Morgan fingerprint density at radius 1 is 1.13 bits per heavy atom. The fraction of sp³-hybridized carbons (Fsp3) is 0.286. The minimum absolute atomic E-state index is 0.0537. The summed E-state index contributed by atoms with van der Waals surface area (Å²) in [6.45, 7) is 2.09. The summed E-state index contributed by atoms with van der Waals surface area (Å²) in [7, 11) is 0. The van der Waals surface area contributed by atoms with Gasteiger partial charge >= 0.3 is 5.97 Å². The highest BCUT2D eigenvalue weighted by Crippen LogP contribution is 2.37. The van der Waals surface area contributed by atoms with Crippen molar-refractivity contribution in [2.45, 2.75) is 19.6 Å². The number of thiazole rings is 1. The molecule has 0 fully saturated rings. The van der Waals surface area contributed by atoms with E-state index in [1.165, 1.54) is 11.3 Å². The van der Waals surface area contributed by atoms with Crippen LogP contribution in [0.4, 0.5) is 0 Å². The van der Waals surface area contributed by atoms with Crippen molar-refractivity contribution in [2.75, 3.05) is 20.0 Å². The summed E-state index contributed by atoms with van der Waals surface area (Å²) in [6.07, 6.45) is -0.882. The zero-order valence-corrected chi connectivity index (χ0v) is 17.3. The molecule has 0 aliphatic carbocycles. The molecule has 2 aliphatic rings. The highest BCUT2D eigenvalue weighted by molar-refractivity contribution is 7.16. The summed E-state index contributed by atoms with van der Waals surface area (Å²) in [5, 5.41) is 0. The van der Waals surface area contributed by atoms with Crippen molar-refractivity contribution in [3.63, 3.8) is 0 Å². The van der Waals surface area contributed by atoms with Crippen molar-refractivity contribution >= 4 is 33.4 Å². The van der Waals surface area contributed by atoms with Gasteiger partial charge in [-0.05, 0) is 19.1 Å². The molecule has 0 saturated heterocycles. The SMILES string of the molecule is CCOC(=O)Cn1c(=NC(=O)C2COc3ccccc3O2)sc2cc3c(cc21)OCO3. The number of aromatic nitrogens is 1. The predicted molar refractivity (Wildman–Crippen MR) is 109 cm³/mol.